The summed E-state index contributed by atoms with van der Waals surface area (Å²) in [6, 6.07) is 3.66. The number of benzene rings is 1. The highest BCUT2D eigenvalue weighted by atomic mass is 79.9. The molecule has 0 aliphatic heterocycles. The van der Waals surface area contributed by atoms with Gasteiger partial charge in [-0.2, -0.15) is 0 Å². The van der Waals surface area contributed by atoms with Crippen molar-refractivity contribution < 1.29 is 5.11 Å². The molecular weight excluding hydrogens is 234 g/mol. The van der Waals surface area contributed by atoms with Gasteiger partial charge >= 0.3 is 0 Å². The van der Waals surface area contributed by atoms with Crippen molar-refractivity contribution in [2.45, 2.75) is 6.61 Å². The molecule has 0 amide bonds. The number of nitrogen functional groups attached to an aromatic ring is 1. The first-order chi connectivity index (χ1) is 6.22. The van der Waals surface area contributed by atoms with E-state index in [1.54, 1.807) is 0 Å². The summed E-state index contributed by atoms with van der Waals surface area (Å²) in [7, 11) is 0. The van der Waals surface area contributed by atoms with Gasteiger partial charge in [-0.3, -0.25) is 0 Å². The molecule has 1 heterocycles. The van der Waals surface area contributed by atoms with E-state index >= 15 is 0 Å². The molecule has 0 radical (unpaired) electrons. The molecule has 2 aromatic rings. The average Bonchev–Trinajstić information content (AvgIpc) is 2.48. The van der Waals surface area contributed by atoms with Crippen molar-refractivity contribution in [3.8, 4) is 0 Å². The monoisotopic (exact) mass is 241 g/mol. The van der Waals surface area contributed by atoms with Gasteiger partial charge in [0, 0.05) is 10.0 Å². The van der Waals surface area contributed by atoms with Crippen molar-refractivity contribution in [3.63, 3.8) is 0 Å². The van der Waals surface area contributed by atoms with Gasteiger partial charge in [0.2, 0.25) is 0 Å². The topological polar surface area (TPSA) is 74.9 Å². The van der Waals surface area contributed by atoms with Gasteiger partial charge < -0.3 is 15.8 Å². The second-order valence-corrected chi connectivity index (χ2v) is 3.56. The van der Waals surface area contributed by atoms with E-state index in [1.807, 2.05) is 12.1 Å². The van der Waals surface area contributed by atoms with Gasteiger partial charge in [-0.1, -0.05) is 6.07 Å². The number of fused-ring (bicyclic) bond motifs is 1. The number of aromatic nitrogens is 2. The molecule has 1 aromatic heterocycles. The zero-order valence-corrected chi connectivity index (χ0v) is 8.30. The zero-order chi connectivity index (χ0) is 9.42. The molecule has 0 atom stereocenters. The summed E-state index contributed by atoms with van der Waals surface area (Å²) >= 11 is 3.37. The largest absolute Gasteiger partial charge is 0.392 e. The molecule has 0 saturated carbocycles. The lowest BCUT2D eigenvalue weighted by Gasteiger charge is -1.98. The Labute approximate surface area is 82.9 Å². The highest BCUT2D eigenvalue weighted by Gasteiger charge is 2.07. The number of aliphatic hydroxyl groups excluding tert-OH is 1. The van der Waals surface area contributed by atoms with E-state index in [1.165, 1.54) is 0 Å². The van der Waals surface area contributed by atoms with Crippen LogP contribution in [0.3, 0.4) is 0 Å². The molecule has 0 aliphatic rings. The van der Waals surface area contributed by atoms with Crippen LogP contribution in [-0.2, 0) is 6.61 Å². The maximum Gasteiger partial charge on any atom is 0.198 e. The lowest BCUT2D eigenvalue weighted by Crippen LogP contribution is -1.86. The smallest absolute Gasteiger partial charge is 0.198 e. The Balaban J connectivity index is 2.83. The Morgan fingerprint density at radius 3 is 3.00 bits per heavy atom. The Bertz CT molecular complexity index is 452. The van der Waals surface area contributed by atoms with E-state index in [2.05, 4.69) is 25.9 Å². The number of nitrogens with zero attached hydrogens (tertiary/aromatic N) is 1. The number of hydrogen-bond donors (Lipinski definition) is 3. The van der Waals surface area contributed by atoms with Gasteiger partial charge in [-0.25, -0.2) is 4.98 Å². The third-order valence-corrected chi connectivity index (χ3v) is 2.53. The first-order valence-corrected chi connectivity index (χ1v) is 4.55. The standard InChI is InChI=1S/C8H8BrN3O/c9-5-2-1-4(3-13)6-7(5)12-8(10)11-6/h1-2,13H,3H2,(H3,10,11,12). The fraction of sp³-hybridized carbons (Fsp3) is 0.125. The first-order valence-electron chi connectivity index (χ1n) is 3.76. The van der Waals surface area contributed by atoms with Crippen LogP contribution in [0.1, 0.15) is 5.56 Å². The van der Waals surface area contributed by atoms with E-state index in [0.717, 1.165) is 21.1 Å². The zero-order valence-electron chi connectivity index (χ0n) is 6.71. The van der Waals surface area contributed by atoms with Gasteiger partial charge in [0.25, 0.3) is 0 Å². The molecule has 68 valence electrons. The van der Waals surface area contributed by atoms with Crippen molar-refractivity contribution >= 4 is 32.9 Å². The Morgan fingerprint density at radius 2 is 2.31 bits per heavy atom. The van der Waals surface area contributed by atoms with Gasteiger partial charge in [0.15, 0.2) is 5.95 Å². The van der Waals surface area contributed by atoms with Crippen molar-refractivity contribution in [2.75, 3.05) is 5.73 Å². The normalized spacial score (nSPS) is 10.9. The predicted molar refractivity (Wildman–Crippen MR) is 54.1 cm³/mol. The molecule has 0 spiro atoms. The number of hydrogen-bond acceptors (Lipinski definition) is 3. The van der Waals surface area contributed by atoms with E-state index in [4.69, 9.17) is 10.8 Å². The van der Waals surface area contributed by atoms with Crippen LogP contribution >= 0.6 is 15.9 Å². The van der Waals surface area contributed by atoms with E-state index in [0.29, 0.717) is 5.95 Å². The van der Waals surface area contributed by atoms with Crippen LogP contribution in [0.5, 0.6) is 0 Å². The third-order valence-electron chi connectivity index (χ3n) is 1.87. The quantitative estimate of drug-likeness (QED) is 0.707. The summed E-state index contributed by atoms with van der Waals surface area (Å²) < 4.78 is 0.893. The number of anilines is 1. The summed E-state index contributed by atoms with van der Waals surface area (Å²) in [5, 5.41) is 9.03. The predicted octanol–water partition coefficient (Wildman–Crippen LogP) is 1.40. The number of aromatic amines is 1. The van der Waals surface area contributed by atoms with Crippen molar-refractivity contribution in [1.29, 1.82) is 0 Å². The van der Waals surface area contributed by atoms with Crippen molar-refractivity contribution in [1.82, 2.24) is 9.97 Å². The van der Waals surface area contributed by atoms with E-state index in [-0.39, 0.29) is 6.61 Å². The maximum atomic E-state index is 9.03. The summed E-state index contributed by atoms with van der Waals surface area (Å²) in [4.78, 5) is 6.99. The fourth-order valence-corrected chi connectivity index (χ4v) is 1.68. The molecule has 0 bridgehead atoms. The second kappa shape index (κ2) is 3.01. The number of H-pyrrole nitrogens is 1. The molecule has 13 heavy (non-hydrogen) atoms. The molecule has 1 aromatic carbocycles. The molecule has 0 aliphatic carbocycles. The van der Waals surface area contributed by atoms with Gasteiger partial charge in [0.05, 0.1) is 17.6 Å². The summed E-state index contributed by atoms with van der Waals surface area (Å²) in [5.74, 6) is 0.358. The minimum atomic E-state index is -0.0337. The van der Waals surface area contributed by atoms with Crippen LogP contribution in [0.25, 0.3) is 11.0 Å². The van der Waals surface area contributed by atoms with Crippen molar-refractivity contribution in [2.24, 2.45) is 0 Å². The fourth-order valence-electron chi connectivity index (χ4n) is 1.26. The Hall–Kier alpha value is -1.07. The van der Waals surface area contributed by atoms with Crippen LogP contribution in [0.4, 0.5) is 5.95 Å². The summed E-state index contributed by atoms with van der Waals surface area (Å²) in [6.45, 7) is -0.0337. The van der Waals surface area contributed by atoms with Crippen LogP contribution in [0.15, 0.2) is 16.6 Å². The Kier molecular flexibility index (Phi) is 1.97. The highest BCUT2D eigenvalue weighted by molar-refractivity contribution is 9.10. The molecule has 0 fully saturated rings. The minimum absolute atomic E-state index is 0.0337. The van der Waals surface area contributed by atoms with Crippen molar-refractivity contribution in [3.05, 3.63) is 22.2 Å². The number of nitrogens with two attached hydrogens (primary N) is 1. The molecule has 0 unspecified atom stereocenters. The van der Waals surface area contributed by atoms with Crippen LogP contribution in [0, 0.1) is 0 Å². The average molecular weight is 242 g/mol. The minimum Gasteiger partial charge on any atom is -0.392 e. The SMILES string of the molecule is Nc1nc2c(CO)ccc(Br)c2[nH]1. The van der Waals surface area contributed by atoms with Gasteiger partial charge in [0.1, 0.15) is 0 Å². The van der Waals surface area contributed by atoms with Gasteiger partial charge in [-0.15, -0.1) is 0 Å². The van der Waals surface area contributed by atoms with Crippen LogP contribution in [-0.4, -0.2) is 15.1 Å². The van der Waals surface area contributed by atoms with E-state index < -0.39 is 0 Å². The van der Waals surface area contributed by atoms with Crippen LogP contribution in [0.2, 0.25) is 0 Å². The highest BCUT2D eigenvalue weighted by Crippen LogP contribution is 2.25. The molecule has 0 saturated heterocycles. The number of imidazole rings is 1. The molecule has 4 N–H and O–H groups in total. The number of halogens is 1. The lowest BCUT2D eigenvalue weighted by molar-refractivity contribution is 0.283. The molecule has 2 rings (SSSR count). The Morgan fingerprint density at radius 1 is 1.54 bits per heavy atom. The molecule has 4 nitrogen and oxygen atoms in total. The summed E-state index contributed by atoms with van der Waals surface area (Å²) in [6.07, 6.45) is 0. The number of rotatable bonds is 1. The number of nitrogens with one attached hydrogen (secondary N) is 1. The third kappa shape index (κ3) is 1.30. The molecule has 5 heteroatoms. The maximum absolute atomic E-state index is 9.03. The number of aliphatic hydroxyl groups is 1. The second-order valence-electron chi connectivity index (χ2n) is 2.71. The first kappa shape index (κ1) is 8.52. The van der Waals surface area contributed by atoms with Crippen LogP contribution < -0.4 is 5.73 Å². The van der Waals surface area contributed by atoms with E-state index in [9.17, 15) is 0 Å². The summed E-state index contributed by atoms with van der Waals surface area (Å²) in [5.41, 5.74) is 7.82. The molecular formula is C8H8BrN3O. The lowest BCUT2D eigenvalue weighted by atomic mass is 10.2. The van der Waals surface area contributed by atoms with Gasteiger partial charge in [-0.05, 0) is 22.0 Å².